The van der Waals surface area contributed by atoms with E-state index in [1.165, 1.54) is 19.2 Å². The number of ether oxygens (including phenoxy) is 1. The van der Waals surface area contributed by atoms with Gasteiger partial charge >= 0.3 is 0 Å². The number of nitrogens with zero attached hydrogens (tertiary/aromatic N) is 3. The smallest absolute Gasteiger partial charge is 0.296 e. The van der Waals surface area contributed by atoms with Crippen LogP contribution in [0.2, 0.25) is 0 Å². The van der Waals surface area contributed by atoms with Crippen LogP contribution in [-0.2, 0) is 4.79 Å². The van der Waals surface area contributed by atoms with E-state index in [2.05, 4.69) is 5.32 Å². The van der Waals surface area contributed by atoms with Crippen LogP contribution in [0.15, 0.2) is 48.5 Å². The number of hydrogen-bond donors (Lipinski definition) is 1. The minimum Gasteiger partial charge on any atom is -0.496 e. The number of amides is 2. The van der Waals surface area contributed by atoms with Crippen molar-refractivity contribution in [2.75, 3.05) is 38.6 Å². The van der Waals surface area contributed by atoms with E-state index in [1.54, 1.807) is 30.0 Å². The predicted octanol–water partition coefficient (Wildman–Crippen LogP) is 2.39. The van der Waals surface area contributed by atoms with Gasteiger partial charge < -0.3 is 15.0 Å². The molecule has 1 fully saturated rings. The molecular formula is C21H24N4O5. The molecule has 2 aromatic rings. The van der Waals surface area contributed by atoms with Crippen molar-refractivity contribution in [3.8, 4) is 5.75 Å². The molecule has 1 aliphatic rings. The second kappa shape index (κ2) is 9.36. The van der Waals surface area contributed by atoms with E-state index in [4.69, 9.17) is 4.74 Å². The maximum atomic E-state index is 12.7. The van der Waals surface area contributed by atoms with Gasteiger partial charge in [0.25, 0.3) is 11.6 Å². The third-order valence-electron chi connectivity index (χ3n) is 5.21. The summed E-state index contributed by atoms with van der Waals surface area (Å²) in [7, 11) is 1.42. The Bertz CT molecular complexity index is 926. The molecule has 9 heteroatoms. The summed E-state index contributed by atoms with van der Waals surface area (Å²) in [6.45, 7) is 3.84. The Hall–Kier alpha value is -3.46. The number of nitrogens with one attached hydrogen (secondary N) is 1. The summed E-state index contributed by atoms with van der Waals surface area (Å²) in [5.74, 6) is -0.0285. The van der Waals surface area contributed by atoms with Gasteiger partial charge in [-0.25, -0.2) is 0 Å². The van der Waals surface area contributed by atoms with Gasteiger partial charge in [0.15, 0.2) is 0 Å². The molecule has 0 aromatic heterocycles. The number of rotatable bonds is 6. The van der Waals surface area contributed by atoms with Crippen LogP contribution in [0.4, 0.5) is 11.4 Å². The maximum absolute atomic E-state index is 12.7. The van der Waals surface area contributed by atoms with Crippen LogP contribution in [0.3, 0.4) is 0 Å². The highest BCUT2D eigenvalue weighted by molar-refractivity contribution is 5.97. The van der Waals surface area contributed by atoms with Crippen molar-refractivity contribution in [2.45, 2.75) is 13.0 Å². The molecule has 0 radical (unpaired) electrons. The van der Waals surface area contributed by atoms with Gasteiger partial charge in [-0.1, -0.05) is 18.2 Å². The minimum atomic E-state index is -0.559. The predicted molar refractivity (Wildman–Crippen MR) is 112 cm³/mol. The van der Waals surface area contributed by atoms with Crippen molar-refractivity contribution >= 4 is 23.2 Å². The van der Waals surface area contributed by atoms with E-state index in [0.29, 0.717) is 37.5 Å². The average molecular weight is 412 g/mol. The first-order valence-corrected chi connectivity index (χ1v) is 9.62. The normalized spacial score (nSPS) is 15.3. The molecule has 1 saturated heterocycles. The summed E-state index contributed by atoms with van der Waals surface area (Å²) in [5.41, 5.74) is 0.535. The van der Waals surface area contributed by atoms with Crippen molar-refractivity contribution in [3.05, 3.63) is 64.2 Å². The second-order valence-electron chi connectivity index (χ2n) is 7.00. The Morgan fingerprint density at radius 1 is 1.10 bits per heavy atom. The fraction of sp³-hybridized carbons (Fsp3) is 0.333. The van der Waals surface area contributed by atoms with Gasteiger partial charge in [-0.3, -0.25) is 24.6 Å². The Labute approximate surface area is 174 Å². The number of carbonyl (C=O) groups is 2. The first-order chi connectivity index (χ1) is 14.4. The number of nitro groups is 1. The number of piperazine rings is 1. The molecule has 1 unspecified atom stereocenters. The van der Waals surface area contributed by atoms with Crippen molar-refractivity contribution in [1.29, 1.82) is 0 Å². The molecule has 1 atom stereocenters. The first kappa shape index (κ1) is 21.3. The van der Waals surface area contributed by atoms with Crippen LogP contribution in [0, 0.1) is 10.1 Å². The molecule has 0 aliphatic carbocycles. The fourth-order valence-corrected chi connectivity index (χ4v) is 3.37. The molecule has 1 N–H and O–H groups in total. The lowest BCUT2D eigenvalue weighted by atomic mass is 10.1. The zero-order valence-corrected chi connectivity index (χ0v) is 16.9. The third-order valence-corrected chi connectivity index (χ3v) is 5.21. The highest BCUT2D eigenvalue weighted by Gasteiger charge is 2.29. The average Bonchev–Trinajstić information content (AvgIpc) is 2.78. The Kier molecular flexibility index (Phi) is 6.63. The molecule has 0 spiro atoms. The number of methoxy groups -OCH3 is 1. The maximum Gasteiger partial charge on any atom is 0.296 e. The van der Waals surface area contributed by atoms with Crippen LogP contribution >= 0.6 is 0 Å². The lowest BCUT2D eigenvalue weighted by molar-refractivity contribution is -0.384. The molecule has 9 nitrogen and oxygen atoms in total. The molecule has 158 valence electrons. The van der Waals surface area contributed by atoms with Crippen molar-refractivity contribution in [2.24, 2.45) is 0 Å². The largest absolute Gasteiger partial charge is 0.496 e. The molecule has 1 heterocycles. The van der Waals surface area contributed by atoms with Gasteiger partial charge in [-0.05, 0) is 31.2 Å². The van der Waals surface area contributed by atoms with Gasteiger partial charge in [0.05, 0.1) is 24.1 Å². The summed E-state index contributed by atoms with van der Waals surface area (Å²) in [5, 5.41) is 14.0. The van der Waals surface area contributed by atoms with E-state index in [-0.39, 0.29) is 23.2 Å². The molecule has 2 amide bonds. The van der Waals surface area contributed by atoms with E-state index in [9.17, 15) is 19.7 Å². The molecule has 2 aromatic carbocycles. The summed E-state index contributed by atoms with van der Waals surface area (Å²) in [4.78, 5) is 39.7. The SMILES string of the molecule is COc1ccc(NC(=O)C(C)N2CCN(C(=O)c3ccccc3)CC2)c([N+](=O)[O-])c1. The summed E-state index contributed by atoms with van der Waals surface area (Å²) in [6.07, 6.45) is 0. The second-order valence-corrected chi connectivity index (χ2v) is 7.00. The Morgan fingerprint density at radius 3 is 2.37 bits per heavy atom. The van der Waals surface area contributed by atoms with E-state index < -0.39 is 11.0 Å². The Morgan fingerprint density at radius 2 is 1.77 bits per heavy atom. The van der Waals surface area contributed by atoms with Crippen LogP contribution in [-0.4, -0.2) is 65.9 Å². The van der Waals surface area contributed by atoms with Crippen LogP contribution < -0.4 is 10.1 Å². The molecule has 3 rings (SSSR count). The summed E-state index contributed by atoms with van der Waals surface area (Å²) in [6, 6.07) is 12.9. The Balaban J connectivity index is 1.60. The highest BCUT2D eigenvalue weighted by atomic mass is 16.6. The number of carbonyl (C=O) groups excluding carboxylic acids is 2. The molecule has 1 aliphatic heterocycles. The van der Waals surface area contributed by atoms with E-state index in [1.807, 2.05) is 23.1 Å². The highest BCUT2D eigenvalue weighted by Crippen LogP contribution is 2.29. The van der Waals surface area contributed by atoms with E-state index >= 15 is 0 Å². The lowest BCUT2D eigenvalue weighted by Gasteiger charge is -2.37. The van der Waals surface area contributed by atoms with Gasteiger partial charge in [-0.2, -0.15) is 0 Å². The van der Waals surface area contributed by atoms with Crippen molar-refractivity contribution in [3.63, 3.8) is 0 Å². The zero-order valence-electron chi connectivity index (χ0n) is 16.9. The van der Waals surface area contributed by atoms with Crippen LogP contribution in [0.25, 0.3) is 0 Å². The number of hydrogen-bond acceptors (Lipinski definition) is 6. The first-order valence-electron chi connectivity index (χ1n) is 9.62. The van der Waals surface area contributed by atoms with E-state index in [0.717, 1.165) is 0 Å². The fourth-order valence-electron chi connectivity index (χ4n) is 3.37. The van der Waals surface area contributed by atoms with Gasteiger partial charge in [-0.15, -0.1) is 0 Å². The van der Waals surface area contributed by atoms with Crippen LogP contribution in [0.5, 0.6) is 5.75 Å². The quantitative estimate of drug-likeness (QED) is 0.577. The zero-order chi connectivity index (χ0) is 21.7. The number of anilines is 1. The van der Waals surface area contributed by atoms with Gasteiger partial charge in [0.1, 0.15) is 11.4 Å². The minimum absolute atomic E-state index is 0.0267. The molecule has 30 heavy (non-hydrogen) atoms. The third kappa shape index (κ3) is 4.74. The molecule has 0 bridgehead atoms. The number of nitro benzene ring substituents is 1. The van der Waals surface area contributed by atoms with Crippen molar-refractivity contribution < 1.29 is 19.2 Å². The number of benzene rings is 2. The van der Waals surface area contributed by atoms with Crippen LogP contribution in [0.1, 0.15) is 17.3 Å². The summed E-state index contributed by atoms with van der Waals surface area (Å²) < 4.78 is 5.01. The van der Waals surface area contributed by atoms with Gasteiger partial charge in [0, 0.05) is 31.7 Å². The van der Waals surface area contributed by atoms with Gasteiger partial charge in [0.2, 0.25) is 5.91 Å². The molecule has 0 saturated carbocycles. The lowest BCUT2D eigenvalue weighted by Crippen LogP contribution is -2.54. The topological polar surface area (TPSA) is 105 Å². The monoisotopic (exact) mass is 412 g/mol. The van der Waals surface area contributed by atoms with Crippen molar-refractivity contribution in [1.82, 2.24) is 9.80 Å². The summed E-state index contributed by atoms with van der Waals surface area (Å²) >= 11 is 0. The molecular weight excluding hydrogens is 388 g/mol. The standard InChI is InChI=1S/C21H24N4O5/c1-15(20(26)22-18-9-8-17(30-2)14-19(18)25(28)29)23-10-12-24(13-11-23)21(27)16-6-4-3-5-7-16/h3-9,14-15H,10-13H2,1-2H3,(H,22,26).